The molecule has 2 aromatic carbocycles. The maximum atomic E-state index is 11.6. The quantitative estimate of drug-likeness (QED) is 0.891. The second-order valence-electron chi connectivity index (χ2n) is 4.84. The lowest BCUT2D eigenvalue weighted by atomic mass is 9.97. The summed E-state index contributed by atoms with van der Waals surface area (Å²) in [6.45, 7) is 1.99. The summed E-state index contributed by atoms with van der Waals surface area (Å²) in [6, 6.07) is 9.12. The molecular formula is C15H13NO3S. The third kappa shape index (κ3) is 2.25. The summed E-state index contributed by atoms with van der Waals surface area (Å²) in [5.41, 5.74) is 2.13. The minimum Gasteiger partial charge on any atom is -0.508 e. The van der Waals surface area contributed by atoms with Crippen molar-refractivity contribution in [1.82, 2.24) is 5.32 Å². The Morgan fingerprint density at radius 1 is 1.25 bits per heavy atom. The SMILES string of the molecule is Cc1c(CC2SC(=O)NC2=O)ccc2cc(O)ccc12. The van der Waals surface area contributed by atoms with Crippen molar-refractivity contribution >= 4 is 33.7 Å². The van der Waals surface area contributed by atoms with E-state index in [1.165, 1.54) is 0 Å². The molecule has 0 aliphatic carbocycles. The van der Waals surface area contributed by atoms with Crippen LogP contribution in [0.5, 0.6) is 5.75 Å². The zero-order chi connectivity index (χ0) is 14.3. The third-order valence-electron chi connectivity index (χ3n) is 3.56. The third-order valence-corrected chi connectivity index (χ3v) is 4.54. The molecule has 0 bridgehead atoms. The number of fused-ring (bicyclic) bond motifs is 1. The largest absolute Gasteiger partial charge is 0.508 e. The van der Waals surface area contributed by atoms with Gasteiger partial charge in [0.1, 0.15) is 5.75 Å². The maximum Gasteiger partial charge on any atom is 0.286 e. The number of phenols is 1. The Kier molecular flexibility index (Phi) is 3.14. The molecule has 0 saturated carbocycles. The number of hydrogen-bond acceptors (Lipinski definition) is 4. The second-order valence-corrected chi connectivity index (χ2v) is 6.02. The van der Waals surface area contributed by atoms with Gasteiger partial charge in [-0.25, -0.2) is 0 Å². The fraction of sp³-hybridized carbons (Fsp3) is 0.200. The molecule has 0 aromatic heterocycles. The highest BCUT2D eigenvalue weighted by molar-refractivity contribution is 8.15. The Labute approximate surface area is 120 Å². The van der Waals surface area contributed by atoms with Crippen LogP contribution in [0.15, 0.2) is 30.3 Å². The lowest BCUT2D eigenvalue weighted by Gasteiger charge is -2.11. The van der Waals surface area contributed by atoms with Crippen LogP contribution in [0.4, 0.5) is 4.79 Å². The van der Waals surface area contributed by atoms with Gasteiger partial charge in [0.05, 0.1) is 5.25 Å². The summed E-state index contributed by atoms with van der Waals surface area (Å²) in [4.78, 5) is 22.8. The highest BCUT2D eigenvalue weighted by Crippen LogP contribution is 2.29. The van der Waals surface area contributed by atoms with Gasteiger partial charge in [-0.2, -0.15) is 0 Å². The van der Waals surface area contributed by atoms with Crippen LogP contribution in [-0.4, -0.2) is 21.5 Å². The van der Waals surface area contributed by atoms with Crippen LogP contribution in [0.25, 0.3) is 10.8 Å². The number of carbonyl (C=O) groups excluding carboxylic acids is 2. The van der Waals surface area contributed by atoms with Crippen LogP contribution >= 0.6 is 11.8 Å². The van der Waals surface area contributed by atoms with Gasteiger partial charge in [-0.3, -0.25) is 14.9 Å². The van der Waals surface area contributed by atoms with Gasteiger partial charge in [0.15, 0.2) is 0 Å². The average molecular weight is 287 g/mol. The monoisotopic (exact) mass is 287 g/mol. The minimum absolute atomic E-state index is 0.217. The van der Waals surface area contributed by atoms with E-state index >= 15 is 0 Å². The van der Waals surface area contributed by atoms with Crippen molar-refractivity contribution in [3.8, 4) is 5.75 Å². The smallest absolute Gasteiger partial charge is 0.286 e. The minimum atomic E-state index is -0.351. The van der Waals surface area contributed by atoms with Crippen LogP contribution in [-0.2, 0) is 11.2 Å². The van der Waals surface area contributed by atoms with E-state index in [0.29, 0.717) is 6.42 Å². The summed E-state index contributed by atoms with van der Waals surface area (Å²) in [6.07, 6.45) is 0.533. The Morgan fingerprint density at radius 3 is 2.75 bits per heavy atom. The maximum absolute atomic E-state index is 11.6. The first kappa shape index (κ1) is 13.0. The number of benzene rings is 2. The normalized spacial score (nSPS) is 18.6. The number of hydrogen-bond donors (Lipinski definition) is 2. The number of thioether (sulfide) groups is 1. The number of imide groups is 1. The van der Waals surface area contributed by atoms with E-state index in [1.54, 1.807) is 12.1 Å². The summed E-state index contributed by atoms with van der Waals surface area (Å²) < 4.78 is 0. The lowest BCUT2D eigenvalue weighted by molar-refractivity contribution is -0.118. The van der Waals surface area contributed by atoms with Gasteiger partial charge in [-0.15, -0.1) is 0 Å². The molecule has 102 valence electrons. The van der Waals surface area contributed by atoms with Crippen LogP contribution in [0.3, 0.4) is 0 Å². The van der Waals surface area contributed by atoms with Gasteiger partial charge < -0.3 is 5.11 Å². The predicted molar refractivity (Wildman–Crippen MR) is 79.0 cm³/mol. The molecule has 2 aromatic rings. The van der Waals surface area contributed by atoms with Crippen molar-refractivity contribution in [1.29, 1.82) is 0 Å². The molecule has 2 amide bonds. The first-order valence-electron chi connectivity index (χ1n) is 6.27. The summed E-state index contributed by atoms with van der Waals surface area (Å²) in [7, 11) is 0. The molecule has 1 atom stereocenters. The van der Waals surface area contributed by atoms with Gasteiger partial charge in [-0.05, 0) is 47.4 Å². The molecule has 1 saturated heterocycles. The number of rotatable bonds is 2. The van der Waals surface area contributed by atoms with Gasteiger partial charge in [0, 0.05) is 0 Å². The van der Waals surface area contributed by atoms with E-state index in [4.69, 9.17) is 0 Å². The van der Waals surface area contributed by atoms with Crippen molar-refractivity contribution in [2.24, 2.45) is 0 Å². The Morgan fingerprint density at radius 2 is 2.05 bits per heavy atom. The zero-order valence-electron chi connectivity index (χ0n) is 10.8. The van der Waals surface area contributed by atoms with Gasteiger partial charge in [0.2, 0.25) is 5.91 Å². The number of amides is 2. The van der Waals surface area contributed by atoms with E-state index in [1.807, 2.05) is 25.1 Å². The Bertz CT molecular complexity index is 726. The fourth-order valence-electron chi connectivity index (χ4n) is 2.47. The summed E-state index contributed by atoms with van der Waals surface area (Å²) in [5.74, 6) is 0.0196. The first-order chi connectivity index (χ1) is 9.54. The Balaban J connectivity index is 1.96. The molecule has 0 spiro atoms. The van der Waals surface area contributed by atoms with Crippen LogP contribution in [0.2, 0.25) is 0 Å². The second kappa shape index (κ2) is 4.83. The Hall–Kier alpha value is -2.01. The standard InChI is InChI=1S/C15H13NO3S/c1-8-9(7-13-14(18)16-15(19)20-13)2-3-10-6-11(17)4-5-12(8)10/h2-6,13,17H,7H2,1H3,(H,16,18,19). The lowest BCUT2D eigenvalue weighted by Crippen LogP contribution is -2.25. The van der Waals surface area contributed by atoms with Crippen molar-refractivity contribution in [3.63, 3.8) is 0 Å². The molecule has 20 heavy (non-hydrogen) atoms. The summed E-state index contributed by atoms with van der Waals surface area (Å²) >= 11 is 1.05. The molecule has 1 fully saturated rings. The first-order valence-corrected chi connectivity index (χ1v) is 7.15. The molecule has 4 nitrogen and oxygen atoms in total. The van der Waals surface area contributed by atoms with Gasteiger partial charge in [0.25, 0.3) is 5.24 Å². The predicted octanol–water partition coefficient (Wildman–Crippen LogP) is 2.75. The van der Waals surface area contributed by atoms with Crippen molar-refractivity contribution < 1.29 is 14.7 Å². The molecule has 5 heteroatoms. The number of aromatic hydroxyl groups is 1. The molecule has 1 aliphatic rings. The number of aryl methyl sites for hydroxylation is 1. The zero-order valence-corrected chi connectivity index (χ0v) is 11.7. The highest BCUT2D eigenvalue weighted by Gasteiger charge is 2.31. The molecule has 2 N–H and O–H groups in total. The van der Waals surface area contributed by atoms with Crippen molar-refractivity contribution in [2.45, 2.75) is 18.6 Å². The van der Waals surface area contributed by atoms with Crippen molar-refractivity contribution in [2.75, 3.05) is 0 Å². The van der Waals surface area contributed by atoms with E-state index in [-0.39, 0.29) is 22.1 Å². The molecule has 3 rings (SSSR count). The van der Waals surface area contributed by atoms with Crippen LogP contribution < -0.4 is 5.32 Å². The van der Waals surface area contributed by atoms with Crippen LogP contribution in [0.1, 0.15) is 11.1 Å². The van der Waals surface area contributed by atoms with E-state index in [2.05, 4.69) is 5.32 Å². The molecule has 1 heterocycles. The van der Waals surface area contributed by atoms with E-state index in [0.717, 1.165) is 33.7 Å². The van der Waals surface area contributed by atoms with Crippen molar-refractivity contribution in [3.05, 3.63) is 41.5 Å². The van der Waals surface area contributed by atoms with Gasteiger partial charge in [-0.1, -0.05) is 30.0 Å². The van der Waals surface area contributed by atoms with E-state index < -0.39 is 0 Å². The summed E-state index contributed by atoms with van der Waals surface area (Å²) in [5, 5.41) is 13.2. The molecule has 1 unspecified atom stereocenters. The average Bonchev–Trinajstić information content (AvgIpc) is 2.71. The molecular weight excluding hydrogens is 274 g/mol. The fourth-order valence-corrected chi connectivity index (χ4v) is 3.31. The molecule has 0 radical (unpaired) electrons. The number of nitrogens with one attached hydrogen (secondary N) is 1. The topological polar surface area (TPSA) is 66.4 Å². The van der Waals surface area contributed by atoms with Crippen LogP contribution in [0, 0.1) is 6.92 Å². The number of carbonyl (C=O) groups is 2. The molecule has 1 aliphatic heterocycles. The highest BCUT2D eigenvalue weighted by atomic mass is 32.2. The van der Waals surface area contributed by atoms with Gasteiger partial charge >= 0.3 is 0 Å². The van der Waals surface area contributed by atoms with E-state index in [9.17, 15) is 14.7 Å². The number of phenolic OH excluding ortho intramolecular Hbond substituents is 1.